The summed E-state index contributed by atoms with van der Waals surface area (Å²) in [5.41, 5.74) is 1.26. The van der Waals surface area contributed by atoms with E-state index in [0.29, 0.717) is 12.1 Å². The van der Waals surface area contributed by atoms with Gasteiger partial charge in [0, 0.05) is 55.6 Å². The Labute approximate surface area is 123 Å². The van der Waals surface area contributed by atoms with E-state index in [9.17, 15) is 0 Å². The van der Waals surface area contributed by atoms with Crippen molar-refractivity contribution in [2.24, 2.45) is 7.05 Å². The minimum atomic E-state index is 0.361. The van der Waals surface area contributed by atoms with Gasteiger partial charge in [0.1, 0.15) is 0 Å². The number of aromatic nitrogens is 3. The van der Waals surface area contributed by atoms with Crippen LogP contribution in [0.2, 0.25) is 0 Å². The minimum Gasteiger partial charge on any atom is -0.348 e. The predicted molar refractivity (Wildman–Crippen MR) is 82.1 cm³/mol. The lowest BCUT2D eigenvalue weighted by Crippen LogP contribution is -2.43. The van der Waals surface area contributed by atoms with Crippen molar-refractivity contribution >= 4 is 16.5 Å². The Balaban J connectivity index is 1.51. The lowest BCUT2D eigenvalue weighted by molar-refractivity contribution is 0.381. The van der Waals surface area contributed by atoms with Crippen molar-refractivity contribution in [2.75, 3.05) is 18.0 Å². The highest BCUT2D eigenvalue weighted by molar-refractivity contribution is 7.13. The van der Waals surface area contributed by atoms with Crippen molar-refractivity contribution in [3.8, 4) is 0 Å². The van der Waals surface area contributed by atoms with Crippen molar-refractivity contribution in [3.05, 3.63) is 29.5 Å². The molecule has 1 N–H and O–H groups in total. The Hall–Kier alpha value is -1.40. The highest BCUT2D eigenvalue weighted by atomic mass is 32.1. The van der Waals surface area contributed by atoms with E-state index in [1.54, 1.807) is 11.3 Å². The number of thiazole rings is 1. The zero-order chi connectivity index (χ0) is 13.9. The first kappa shape index (κ1) is 13.6. The molecule has 3 rings (SSSR count). The summed E-state index contributed by atoms with van der Waals surface area (Å²) < 4.78 is 1.86. The van der Waals surface area contributed by atoms with Gasteiger partial charge in [-0.25, -0.2) is 4.98 Å². The minimum absolute atomic E-state index is 0.361. The van der Waals surface area contributed by atoms with E-state index in [-0.39, 0.29) is 0 Å². The second-order valence-corrected chi connectivity index (χ2v) is 6.28. The lowest BCUT2D eigenvalue weighted by Gasteiger charge is -2.33. The van der Waals surface area contributed by atoms with Crippen molar-refractivity contribution in [3.63, 3.8) is 0 Å². The molecule has 0 aliphatic carbocycles. The Morgan fingerprint density at radius 2 is 2.20 bits per heavy atom. The molecule has 5 nitrogen and oxygen atoms in total. The predicted octanol–water partition coefficient (Wildman–Crippen LogP) is 2.20. The maximum atomic E-state index is 4.39. The lowest BCUT2D eigenvalue weighted by atomic mass is 10.0. The topological polar surface area (TPSA) is 46.0 Å². The van der Waals surface area contributed by atoms with Gasteiger partial charge in [-0.1, -0.05) is 0 Å². The molecule has 3 heterocycles. The summed E-state index contributed by atoms with van der Waals surface area (Å²) >= 11 is 1.73. The Kier molecular flexibility index (Phi) is 4.03. The Morgan fingerprint density at radius 3 is 2.80 bits per heavy atom. The first-order valence-corrected chi connectivity index (χ1v) is 7.99. The fraction of sp³-hybridized carbons (Fsp3) is 0.571. The molecule has 2 aromatic heterocycles. The van der Waals surface area contributed by atoms with Gasteiger partial charge in [-0.2, -0.15) is 5.10 Å². The monoisotopic (exact) mass is 291 g/mol. The van der Waals surface area contributed by atoms with E-state index in [0.717, 1.165) is 18.2 Å². The molecule has 1 atom stereocenters. The first-order valence-electron chi connectivity index (χ1n) is 7.11. The van der Waals surface area contributed by atoms with E-state index in [2.05, 4.69) is 33.4 Å². The van der Waals surface area contributed by atoms with Crippen molar-refractivity contribution in [1.82, 2.24) is 20.1 Å². The molecule has 1 fully saturated rings. The van der Waals surface area contributed by atoms with Gasteiger partial charge in [-0.3, -0.25) is 4.68 Å². The SMILES string of the molecule is C[C@@H](NC1CCN(c2nccs2)CC1)c1cnn(C)c1. The van der Waals surface area contributed by atoms with E-state index in [4.69, 9.17) is 0 Å². The second-order valence-electron chi connectivity index (χ2n) is 5.41. The summed E-state index contributed by atoms with van der Waals surface area (Å²) in [5.74, 6) is 0. The number of nitrogens with one attached hydrogen (secondary N) is 1. The first-order chi connectivity index (χ1) is 9.72. The molecule has 1 aliphatic rings. The van der Waals surface area contributed by atoms with Gasteiger partial charge in [0.05, 0.1) is 6.20 Å². The van der Waals surface area contributed by atoms with E-state index in [1.165, 1.54) is 18.4 Å². The average molecular weight is 291 g/mol. The third kappa shape index (κ3) is 3.02. The third-order valence-corrected chi connectivity index (χ3v) is 4.73. The zero-order valence-corrected chi connectivity index (χ0v) is 12.8. The van der Waals surface area contributed by atoms with Gasteiger partial charge >= 0.3 is 0 Å². The molecular weight excluding hydrogens is 270 g/mol. The Morgan fingerprint density at radius 1 is 1.40 bits per heavy atom. The molecule has 0 amide bonds. The summed E-state index contributed by atoms with van der Waals surface area (Å²) in [5, 5.41) is 11.2. The van der Waals surface area contributed by atoms with Crippen molar-refractivity contribution < 1.29 is 0 Å². The fourth-order valence-electron chi connectivity index (χ4n) is 2.72. The van der Waals surface area contributed by atoms with Gasteiger partial charge in [-0.05, 0) is 19.8 Å². The van der Waals surface area contributed by atoms with Crippen LogP contribution in [0.1, 0.15) is 31.4 Å². The molecule has 108 valence electrons. The highest BCUT2D eigenvalue weighted by Crippen LogP contribution is 2.23. The molecule has 20 heavy (non-hydrogen) atoms. The normalized spacial score (nSPS) is 18.4. The smallest absolute Gasteiger partial charge is 0.185 e. The van der Waals surface area contributed by atoms with Crippen LogP contribution < -0.4 is 10.2 Å². The van der Waals surface area contributed by atoms with Crippen molar-refractivity contribution in [2.45, 2.75) is 31.8 Å². The van der Waals surface area contributed by atoms with Crippen LogP contribution in [0, 0.1) is 0 Å². The van der Waals surface area contributed by atoms with Crippen LogP contribution in [0.5, 0.6) is 0 Å². The van der Waals surface area contributed by atoms with Crippen LogP contribution in [0.25, 0.3) is 0 Å². The van der Waals surface area contributed by atoms with Crippen LogP contribution >= 0.6 is 11.3 Å². The number of rotatable bonds is 4. The molecule has 0 aromatic carbocycles. The number of nitrogens with zero attached hydrogens (tertiary/aromatic N) is 4. The molecule has 0 radical (unpaired) electrons. The van der Waals surface area contributed by atoms with Gasteiger partial charge in [0.2, 0.25) is 0 Å². The number of aryl methyl sites for hydroxylation is 1. The molecular formula is C14H21N5S. The average Bonchev–Trinajstić information content (AvgIpc) is 3.10. The fourth-order valence-corrected chi connectivity index (χ4v) is 3.42. The summed E-state index contributed by atoms with van der Waals surface area (Å²) in [6.45, 7) is 4.39. The molecule has 1 saturated heterocycles. The summed E-state index contributed by atoms with van der Waals surface area (Å²) in [6, 6.07) is 0.946. The van der Waals surface area contributed by atoms with E-state index >= 15 is 0 Å². The molecule has 2 aromatic rings. The summed E-state index contributed by atoms with van der Waals surface area (Å²) in [6.07, 6.45) is 8.26. The van der Waals surface area contributed by atoms with Gasteiger partial charge in [-0.15, -0.1) is 11.3 Å². The number of piperidine rings is 1. The summed E-state index contributed by atoms with van der Waals surface area (Å²) in [7, 11) is 1.96. The quantitative estimate of drug-likeness (QED) is 0.938. The van der Waals surface area contributed by atoms with E-state index in [1.807, 2.05) is 29.5 Å². The molecule has 0 unspecified atom stereocenters. The number of hydrogen-bond donors (Lipinski definition) is 1. The van der Waals surface area contributed by atoms with Crippen molar-refractivity contribution in [1.29, 1.82) is 0 Å². The standard InChI is InChI=1S/C14H21N5S/c1-11(12-9-16-18(2)10-12)17-13-3-6-19(7-4-13)14-15-5-8-20-14/h5,8-11,13,17H,3-4,6-7H2,1-2H3/t11-/m1/s1. The number of anilines is 1. The van der Waals surface area contributed by atoms with Gasteiger partial charge < -0.3 is 10.2 Å². The molecule has 0 saturated carbocycles. The second kappa shape index (κ2) is 5.93. The van der Waals surface area contributed by atoms with Crippen LogP contribution in [0.4, 0.5) is 5.13 Å². The van der Waals surface area contributed by atoms with Crippen LogP contribution in [0.15, 0.2) is 24.0 Å². The molecule has 0 bridgehead atoms. The summed E-state index contributed by atoms with van der Waals surface area (Å²) in [4.78, 5) is 6.78. The number of hydrogen-bond acceptors (Lipinski definition) is 5. The highest BCUT2D eigenvalue weighted by Gasteiger charge is 2.22. The van der Waals surface area contributed by atoms with Crippen LogP contribution in [0.3, 0.4) is 0 Å². The maximum Gasteiger partial charge on any atom is 0.185 e. The van der Waals surface area contributed by atoms with Crippen LogP contribution in [-0.4, -0.2) is 33.9 Å². The van der Waals surface area contributed by atoms with Crippen LogP contribution in [-0.2, 0) is 7.05 Å². The molecule has 1 aliphatic heterocycles. The Bertz CT molecular complexity index is 528. The largest absolute Gasteiger partial charge is 0.348 e. The zero-order valence-electron chi connectivity index (χ0n) is 12.0. The molecule has 6 heteroatoms. The maximum absolute atomic E-state index is 4.39. The third-order valence-electron chi connectivity index (χ3n) is 3.90. The van der Waals surface area contributed by atoms with E-state index < -0.39 is 0 Å². The molecule has 0 spiro atoms. The van der Waals surface area contributed by atoms with Gasteiger partial charge in [0.25, 0.3) is 0 Å². The van der Waals surface area contributed by atoms with Gasteiger partial charge in [0.15, 0.2) is 5.13 Å².